The molecule has 178 valence electrons. The van der Waals surface area contributed by atoms with Crippen LogP contribution in [0.5, 0.6) is 17.2 Å². The zero-order valence-corrected chi connectivity index (χ0v) is 19.3. The fourth-order valence-corrected chi connectivity index (χ4v) is 3.65. The Bertz CT molecular complexity index is 1240. The van der Waals surface area contributed by atoms with Crippen LogP contribution in [0.25, 0.3) is 0 Å². The van der Waals surface area contributed by atoms with Crippen molar-refractivity contribution in [2.24, 2.45) is 7.05 Å². The van der Waals surface area contributed by atoms with Gasteiger partial charge >= 0.3 is 0 Å². The third-order valence-electron chi connectivity index (χ3n) is 5.27. The first-order valence-electron chi connectivity index (χ1n) is 10.6. The molecule has 0 fully saturated rings. The van der Waals surface area contributed by atoms with Gasteiger partial charge in [0.05, 0.1) is 12.2 Å². The first kappa shape index (κ1) is 23.2. The molecule has 1 aliphatic rings. The lowest BCUT2D eigenvalue weighted by atomic mass is 10.1. The number of rotatable bonds is 7. The van der Waals surface area contributed by atoms with E-state index in [4.69, 9.17) is 14.2 Å². The van der Waals surface area contributed by atoms with E-state index in [-0.39, 0.29) is 23.0 Å². The summed E-state index contributed by atoms with van der Waals surface area (Å²) in [6, 6.07) is 8.91. The van der Waals surface area contributed by atoms with Crippen LogP contribution >= 0.6 is 0 Å². The van der Waals surface area contributed by atoms with Crippen molar-refractivity contribution in [1.82, 2.24) is 14.7 Å². The highest BCUT2D eigenvalue weighted by molar-refractivity contribution is 6.04. The third kappa shape index (κ3) is 4.86. The number of nitrogens with one attached hydrogen (secondary N) is 1. The second-order valence-electron chi connectivity index (χ2n) is 8.12. The predicted molar refractivity (Wildman–Crippen MR) is 122 cm³/mol. The van der Waals surface area contributed by atoms with Crippen LogP contribution in [0.15, 0.2) is 42.6 Å². The van der Waals surface area contributed by atoms with E-state index in [0.29, 0.717) is 30.3 Å². The minimum atomic E-state index is -0.703. The van der Waals surface area contributed by atoms with Crippen molar-refractivity contribution in [2.45, 2.75) is 12.5 Å². The minimum absolute atomic E-state index is 0.0606. The van der Waals surface area contributed by atoms with Gasteiger partial charge in [0.15, 0.2) is 5.82 Å². The maximum Gasteiger partial charge on any atom is 0.257 e. The predicted octanol–water partition coefficient (Wildman–Crippen LogP) is 3.26. The van der Waals surface area contributed by atoms with Crippen LogP contribution in [0, 0.1) is 5.82 Å². The number of amides is 2. The Kier molecular flexibility index (Phi) is 6.51. The van der Waals surface area contributed by atoms with Crippen molar-refractivity contribution in [2.75, 3.05) is 33.1 Å². The van der Waals surface area contributed by atoms with E-state index in [1.807, 2.05) is 0 Å². The molecule has 1 atom stereocenters. The molecule has 0 spiro atoms. The molecule has 10 heteroatoms. The molecular weight excluding hydrogens is 443 g/mol. The van der Waals surface area contributed by atoms with Crippen LogP contribution in [0.4, 0.5) is 10.2 Å². The maximum absolute atomic E-state index is 14.6. The molecule has 1 N–H and O–H groups in total. The van der Waals surface area contributed by atoms with E-state index in [1.165, 1.54) is 17.0 Å². The number of nitrogens with zero attached hydrogens (tertiary/aromatic N) is 3. The first-order chi connectivity index (χ1) is 16.2. The number of benzene rings is 2. The monoisotopic (exact) mass is 468 g/mol. The fraction of sp³-hybridized carbons (Fsp3) is 0.292. The quantitative estimate of drug-likeness (QED) is 0.572. The summed E-state index contributed by atoms with van der Waals surface area (Å²) in [6.07, 6.45) is 1.97. The van der Waals surface area contributed by atoms with Gasteiger partial charge in [-0.3, -0.25) is 14.3 Å². The van der Waals surface area contributed by atoms with Crippen LogP contribution < -0.4 is 14.8 Å². The van der Waals surface area contributed by atoms with Crippen molar-refractivity contribution in [3.8, 4) is 17.2 Å². The molecule has 1 aromatic heterocycles. The average Bonchev–Trinajstić information content (AvgIpc) is 3.39. The lowest BCUT2D eigenvalue weighted by Gasteiger charge is -2.14. The summed E-state index contributed by atoms with van der Waals surface area (Å²) < 4.78 is 33.3. The number of fused-ring (bicyclic) bond motifs is 1. The highest BCUT2D eigenvalue weighted by atomic mass is 19.1. The van der Waals surface area contributed by atoms with Gasteiger partial charge in [-0.05, 0) is 24.3 Å². The molecular formula is C24H25FN4O5. The molecule has 3 aromatic rings. The summed E-state index contributed by atoms with van der Waals surface area (Å²) in [4.78, 5) is 26.3. The number of carbonyl (C=O) groups is 2. The highest BCUT2D eigenvalue weighted by Gasteiger charge is 2.29. The maximum atomic E-state index is 14.6. The molecule has 2 amide bonds. The van der Waals surface area contributed by atoms with E-state index in [0.717, 1.165) is 11.6 Å². The average molecular weight is 468 g/mol. The lowest BCUT2D eigenvalue weighted by molar-refractivity contribution is 0.0822. The summed E-state index contributed by atoms with van der Waals surface area (Å²) in [6.45, 7) is 0.361. The molecule has 9 nitrogen and oxygen atoms in total. The van der Waals surface area contributed by atoms with Gasteiger partial charge in [0.1, 0.15) is 29.2 Å². The van der Waals surface area contributed by atoms with Crippen molar-refractivity contribution in [3.05, 3.63) is 65.1 Å². The number of ether oxygens (including phenoxy) is 3. The molecule has 2 aromatic carbocycles. The summed E-state index contributed by atoms with van der Waals surface area (Å²) in [5.74, 6) is -0.120. The van der Waals surface area contributed by atoms with Gasteiger partial charge in [-0.25, -0.2) is 4.39 Å². The van der Waals surface area contributed by atoms with E-state index in [9.17, 15) is 14.0 Å². The second-order valence-corrected chi connectivity index (χ2v) is 8.12. The number of anilines is 1. The standard InChI is InChI=1S/C24H25FN4O5/c1-28(2)24(31)17-6-5-15(12-19(17)25)33-20-9-14(23(30)26-22-7-8-29(3)27-22)10-21-18(20)11-16(34-21)13-32-4/h5-10,12,16H,11,13H2,1-4H3,(H,26,27,30). The molecule has 0 radical (unpaired) electrons. The summed E-state index contributed by atoms with van der Waals surface area (Å²) in [7, 11) is 6.42. The Labute approximate surface area is 196 Å². The minimum Gasteiger partial charge on any atom is -0.487 e. The third-order valence-corrected chi connectivity index (χ3v) is 5.27. The summed E-state index contributed by atoms with van der Waals surface area (Å²) in [5.41, 5.74) is 0.970. The van der Waals surface area contributed by atoms with Gasteiger partial charge in [0.25, 0.3) is 11.8 Å². The van der Waals surface area contributed by atoms with Crippen molar-refractivity contribution in [1.29, 1.82) is 0 Å². The smallest absolute Gasteiger partial charge is 0.257 e. The Morgan fingerprint density at radius 2 is 2.06 bits per heavy atom. The lowest BCUT2D eigenvalue weighted by Crippen LogP contribution is -2.22. The SMILES string of the molecule is COCC1Cc2c(Oc3ccc(C(=O)N(C)C)c(F)c3)cc(C(=O)Nc3ccn(C)n3)cc2O1. The first-order valence-corrected chi connectivity index (χ1v) is 10.6. The van der Waals surface area contributed by atoms with Crippen molar-refractivity contribution in [3.63, 3.8) is 0 Å². The number of hydrogen-bond acceptors (Lipinski definition) is 6. The Balaban J connectivity index is 1.65. The van der Waals surface area contributed by atoms with Crippen LogP contribution in [0.3, 0.4) is 0 Å². The van der Waals surface area contributed by atoms with Gasteiger partial charge in [0.2, 0.25) is 0 Å². The number of aryl methyl sites for hydroxylation is 1. The number of carbonyl (C=O) groups excluding carboxylic acids is 2. The molecule has 34 heavy (non-hydrogen) atoms. The van der Waals surface area contributed by atoms with Crippen molar-refractivity contribution >= 4 is 17.6 Å². The molecule has 0 aliphatic carbocycles. The largest absolute Gasteiger partial charge is 0.487 e. The Hall–Kier alpha value is -3.92. The highest BCUT2D eigenvalue weighted by Crippen LogP contribution is 2.40. The number of methoxy groups -OCH3 is 1. The van der Waals surface area contributed by atoms with Crippen molar-refractivity contribution < 1.29 is 28.2 Å². The normalized spacial score (nSPS) is 14.3. The van der Waals surface area contributed by atoms with Crippen LogP contribution in [-0.2, 0) is 18.2 Å². The van der Waals surface area contributed by atoms with Gasteiger partial charge in [0, 0.05) is 64.1 Å². The van der Waals surface area contributed by atoms with E-state index < -0.39 is 17.6 Å². The Morgan fingerprint density at radius 1 is 1.26 bits per heavy atom. The number of aromatic nitrogens is 2. The molecule has 4 rings (SSSR count). The molecule has 0 saturated heterocycles. The Morgan fingerprint density at radius 3 is 2.71 bits per heavy atom. The molecule has 1 unspecified atom stereocenters. The van der Waals surface area contributed by atoms with Gasteiger partial charge in [-0.1, -0.05) is 0 Å². The van der Waals surface area contributed by atoms with Gasteiger partial charge in [-0.2, -0.15) is 5.10 Å². The topological polar surface area (TPSA) is 94.9 Å². The van der Waals surface area contributed by atoms with Gasteiger partial charge in [-0.15, -0.1) is 0 Å². The van der Waals surface area contributed by atoms with E-state index >= 15 is 0 Å². The fourth-order valence-electron chi connectivity index (χ4n) is 3.65. The molecule has 0 bridgehead atoms. The van der Waals surface area contributed by atoms with Gasteiger partial charge < -0.3 is 24.4 Å². The van der Waals surface area contributed by atoms with E-state index in [2.05, 4.69) is 10.4 Å². The summed E-state index contributed by atoms with van der Waals surface area (Å²) >= 11 is 0. The molecule has 0 saturated carbocycles. The van der Waals surface area contributed by atoms with E-state index in [1.54, 1.807) is 57.3 Å². The zero-order valence-electron chi connectivity index (χ0n) is 19.3. The second kappa shape index (κ2) is 9.52. The number of halogens is 1. The zero-order chi connectivity index (χ0) is 24.4. The van der Waals surface area contributed by atoms with Crippen LogP contribution in [-0.4, -0.2) is 60.4 Å². The van der Waals surface area contributed by atoms with Crippen LogP contribution in [0.2, 0.25) is 0 Å². The molecule has 2 heterocycles. The van der Waals surface area contributed by atoms with Crippen LogP contribution in [0.1, 0.15) is 26.3 Å². The molecule has 1 aliphatic heterocycles. The number of hydrogen-bond donors (Lipinski definition) is 1. The summed E-state index contributed by atoms with van der Waals surface area (Å²) in [5, 5.41) is 6.88.